The van der Waals surface area contributed by atoms with Gasteiger partial charge in [0.1, 0.15) is 0 Å². The predicted octanol–water partition coefficient (Wildman–Crippen LogP) is 2.70. The maximum absolute atomic E-state index is 11.8. The van der Waals surface area contributed by atoms with Crippen LogP contribution in [0.2, 0.25) is 0 Å². The summed E-state index contributed by atoms with van der Waals surface area (Å²) < 4.78 is 7.96. The molecule has 1 amide bonds. The lowest BCUT2D eigenvalue weighted by Gasteiger charge is -2.12. The molecule has 0 radical (unpaired) electrons. The third-order valence-electron chi connectivity index (χ3n) is 2.74. The van der Waals surface area contributed by atoms with Gasteiger partial charge in [0.15, 0.2) is 6.10 Å². The van der Waals surface area contributed by atoms with Crippen LogP contribution in [-0.4, -0.2) is 28.3 Å². The minimum absolute atomic E-state index is 0.212. The number of nitrogens with zero attached hydrogens (tertiary/aromatic N) is 2. The topological polar surface area (TPSA) is 56.1 Å². The molecule has 1 aromatic heterocycles. The highest BCUT2D eigenvalue weighted by Crippen LogP contribution is 2.25. The number of carbonyl (C=O) groups excluding carboxylic acids is 1. The summed E-state index contributed by atoms with van der Waals surface area (Å²) in [4.78, 5) is 11.8. The van der Waals surface area contributed by atoms with Gasteiger partial charge in [0, 0.05) is 12.7 Å². The van der Waals surface area contributed by atoms with Crippen LogP contribution in [0.1, 0.15) is 6.92 Å². The Bertz CT molecular complexity index is 625. The van der Waals surface area contributed by atoms with Crippen LogP contribution >= 0.6 is 15.9 Å². The van der Waals surface area contributed by atoms with Gasteiger partial charge in [-0.3, -0.25) is 4.79 Å². The quantitative estimate of drug-likeness (QED) is 0.815. The fourth-order valence-electron chi connectivity index (χ4n) is 1.67. The van der Waals surface area contributed by atoms with E-state index in [0.717, 1.165) is 5.69 Å². The lowest BCUT2D eigenvalue weighted by molar-refractivity contribution is -0.127. The van der Waals surface area contributed by atoms with E-state index < -0.39 is 6.10 Å². The third-order valence-corrected chi connectivity index (χ3v) is 3.28. The Labute approximate surface area is 131 Å². The predicted molar refractivity (Wildman–Crippen MR) is 84.6 cm³/mol. The molecule has 21 heavy (non-hydrogen) atoms. The number of para-hydroxylation sites is 1. The van der Waals surface area contributed by atoms with E-state index in [2.05, 4.69) is 32.9 Å². The molecule has 0 aliphatic heterocycles. The molecular formula is C15H16BrN3O2. The Morgan fingerprint density at radius 1 is 1.52 bits per heavy atom. The Morgan fingerprint density at radius 3 is 2.90 bits per heavy atom. The lowest BCUT2D eigenvalue weighted by Crippen LogP contribution is -2.36. The van der Waals surface area contributed by atoms with Crippen LogP contribution in [0, 0.1) is 0 Å². The minimum Gasteiger partial charge on any atom is -0.463 e. The van der Waals surface area contributed by atoms with Crippen molar-refractivity contribution in [3.05, 3.63) is 53.7 Å². The summed E-state index contributed by atoms with van der Waals surface area (Å²) in [6, 6.07) is 9.66. The van der Waals surface area contributed by atoms with E-state index in [0.29, 0.717) is 16.9 Å². The van der Waals surface area contributed by atoms with Crippen LogP contribution in [-0.2, 0) is 4.79 Å². The first-order valence-electron chi connectivity index (χ1n) is 6.47. The van der Waals surface area contributed by atoms with Crippen LogP contribution in [0.15, 0.2) is 53.7 Å². The zero-order chi connectivity index (χ0) is 15.2. The van der Waals surface area contributed by atoms with Crippen LogP contribution in [0.5, 0.6) is 5.88 Å². The van der Waals surface area contributed by atoms with E-state index in [1.54, 1.807) is 23.9 Å². The summed E-state index contributed by atoms with van der Waals surface area (Å²) in [6.45, 7) is 5.63. The minimum atomic E-state index is -0.639. The fraction of sp³-hybridized carbons (Fsp3) is 0.200. The Hall–Kier alpha value is -2.08. The summed E-state index contributed by atoms with van der Waals surface area (Å²) >= 11 is 3.39. The first-order chi connectivity index (χ1) is 10.1. The highest BCUT2D eigenvalue weighted by molar-refractivity contribution is 9.10. The number of halogens is 1. The summed E-state index contributed by atoms with van der Waals surface area (Å²) in [7, 11) is 0. The third kappa shape index (κ3) is 3.95. The maximum Gasteiger partial charge on any atom is 0.261 e. The van der Waals surface area contributed by atoms with Gasteiger partial charge in [-0.05, 0) is 35.0 Å². The second-order valence-corrected chi connectivity index (χ2v) is 5.21. The smallest absolute Gasteiger partial charge is 0.261 e. The molecule has 1 atom stereocenters. The molecule has 0 fully saturated rings. The zero-order valence-electron chi connectivity index (χ0n) is 11.6. The molecule has 0 aliphatic rings. The molecular weight excluding hydrogens is 334 g/mol. The standard InChI is InChI=1S/C15H16BrN3O2/c1-3-9-17-14(20)11(2)21-15-13(16)10-19(18-15)12-7-5-4-6-8-12/h3-8,10-11H,1,9H2,2H3,(H,17,20)/t11-/m0/s1. The average Bonchev–Trinajstić information content (AvgIpc) is 2.86. The first-order valence-corrected chi connectivity index (χ1v) is 7.27. The number of hydrogen-bond donors (Lipinski definition) is 1. The largest absolute Gasteiger partial charge is 0.463 e. The monoisotopic (exact) mass is 349 g/mol. The van der Waals surface area contributed by atoms with Crippen LogP contribution < -0.4 is 10.1 Å². The molecule has 1 heterocycles. The number of carbonyl (C=O) groups is 1. The number of benzene rings is 1. The van der Waals surface area contributed by atoms with Gasteiger partial charge >= 0.3 is 0 Å². The molecule has 5 nitrogen and oxygen atoms in total. The van der Waals surface area contributed by atoms with Gasteiger partial charge in [-0.25, -0.2) is 4.68 Å². The molecule has 2 aromatic rings. The zero-order valence-corrected chi connectivity index (χ0v) is 13.2. The first kappa shape index (κ1) is 15.3. The van der Waals surface area contributed by atoms with Gasteiger partial charge < -0.3 is 10.1 Å². The average molecular weight is 350 g/mol. The SMILES string of the molecule is C=CCNC(=O)[C@H](C)Oc1nn(-c2ccccc2)cc1Br. The number of nitrogens with one attached hydrogen (secondary N) is 1. The molecule has 1 aromatic carbocycles. The van der Waals surface area contributed by atoms with E-state index in [9.17, 15) is 4.79 Å². The van der Waals surface area contributed by atoms with Crippen LogP contribution in [0.25, 0.3) is 5.69 Å². The summed E-state index contributed by atoms with van der Waals surface area (Å²) in [6.07, 6.45) is 2.77. The number of ether oxygens (including phenoxy) is 1. The molecule has 6 heteroatoms. The number of amides is 1. The van der Waals surface area contributed by atoms with Crippen molar-refractivity contribution in [3.8, 4) is 11.6 Å². The number of rotatable bonds is 6. The van der Waals surface area contributed by atoms with Crippen molar-refractivity contribution in [3.63, 3.8) is 0 Å². The van der Waals surface area contributed by atoms with Gasteiger partial charge in [0.25, 0.3) is 5.91 Å². The molecule has 110 valence electrons. The van der Waals surface area contributed by atoms with E-state index >= 15 is 0 Å². The van der Waals surface area contributed by atoms with E-state index in [4.69, 9.17) is 4.74 Å². The van der Waals surface area contributed by atoms with E-state index in [1.807, 2.05) is 30.3 Å². The van der Waals surface area contributed by atoms with Gasteiger partial charge in [-0.2, -0.15) is 0 Å². The molecule has 0 saturated carbocycles. The number of hydrogen-bond acceptors (Lipinski definition) is 3. The summed E-state index contributed by atoms with van der Waals surface area (Å²) in [5, 5.41) is 7.01. The van der Waals surface area contributed by atoms with Gasteiger partial charge in [0.05, 0.1) is 10.2 Å². The van der Waals surface area contributed by atoms with Crippen molar-refractivity contribution < 1.29 is 9.53 Å². The molecule has 0 spiro atoms. The van der Waals surface area contributed by atoms with Crippen molar-refractivity contribution in [2.24, 2.45) is 0 Å². The van der Waals surface area contributed by atoms with Crippen molar-refractivity contribution >= 4 is 21.8 Å². The maximum atomic E-state index is 11.8. The van der Waals surface area contributed by atoms with Gasteiger partial charge in [-0.15, -0.1) is 11.7 Å². The van der Waals surface area contributed by atoms with Crippen LogP contribution in [0.4, 0.5) is 0 Å². The fourth-order valence-corrected chi connectivity index (χ4v) is 2.03. The molecule has 1 N–H and O–H groups in total. The summed E-state index contributed by atoms with van der Waals surface area (Å²) in [5.74, 6) is 0.163. The van der Waals surface area contributed by atoms with E-state index in [-0.39, 0.29) is 5.91 Å². The summed E-state index contributed by atoms with van der Waals surface area (Å²) in [5.41, 5.74) is 0.914. The Kier molecular flexibility index (Phi) is 5.16. The van der Waals surface area contributed by atoms with Crippen molar-refractivity contribution in [2.75, 3.05) is 6.54 Å². The molecule has 0 aliphatic carbocycles. The van der Waals surface area contributed by atoms with Gasteiger partial charge in [0.2, 0.25) is 5.88 Å². The van der Waals surface area contributed by atoms with E-state index in [1.165, 1.54) is 0 Å². The second kappa shape index (κ2) is 7.08. The molecule has 0 saturated heterocycles. The number of aromatic nitrogens is 2. The van der Waals surface area contributed by atoms with Gasteiger partial charge in [-0.1, -0.05) is 24.3 Å². The Morgan fingerprint density at radius 2 is 2.24 bits per heavy atom. The highest BCUT2D eigenvalue weighted by Gasteiger charge is 2.17. The van der Waals surface area contributed by atoms with Crippen LogP contribution in [0.3, 0.4) is 0 Å². The van der Waals surface area contributed by atoms with Crippen molar-refractivity contribution in [2.45, 2.75) is 13.0 Å². The molecule has 2 rings (SSSR count). The molecule has 0 bridgehead atoms. The van der Waals surface area contributed by atoms with Crippen molar-refractivity contribution in [1.82, 2.24) is 15.1 Å². The van der Waals surface area contributed by atoms with Crippen molar-refractivity contribution in [1.29, 1.82) is 0 Å². The Balaban J connectivity index is 2.09. The second-order valence-electron chi connectivity index (χ2n) is 4.36. The lowest BCUT2D eigenvalue weighted by atomic mass is 10.3. The highest BCUT2D eigenvalue weighted by atomic mass is 79.9. The molecule has 0 unspecified atom stereocenters. The normalized spacial score (nSPS) is 11.7.